The molecule has 2 aliphatic rings. The number of carbonyl (C=O) groups is 1. The van der Waals surface area contributed by atoms with Gasteiger partial charge in [-0.3, -0.25) is 0 Å². The van der Waals surface area contributed by atoms with Crippen molar-refractivity contribution >= 4 is 35.2 Å². The molecule has 1 aromatic rings. The monoisotopic (exact) mass is 432 g/mol. The Kier molecular flexibility index (Phi) is 7.79. The summed E-state index contributed by atoms with van der Waals surface area (Å²) < 4.78 is 5.47. The summed E-state index contributed by atoms with van der Waals surface area (Å²) in [5.74, 6) is -0.282. The maximum atomic E-state index is 12.3. The minimum Gasteiger partial charge on any atom is -0.457 e. The molecule has 0 N–H and O–H groups in total. The van der Waals surface area contributed by atoms with Crippen molar-refractivity contribution in [1.82, 2.24) is 0 Å². The van der Waals surface area contributed by atoms with Gasteiger partial charge in [0, 0.05) is 6.08 Å². The molecule has 2 fully saturated rings. The Labute approximate surface area is 182 Å². The van der Waals surface area contributed by atoms with Crippen LogP contribution in [0, 0.1) is 0 Å². The van der Waals surface area contributed by atoms with Crippen molar-refractivity contribution in [3.63, 3.8) is 0 Å². The lowest BCUT2D eigenvalue weighted by molar-refractivity contribution is -0.148. The Morgan fingerprint density at radius 3 is 2.00 bits per heavy atom. The zero-order valence-corrected chi connectivity index (χ0v) is 20.1. The van der Waals surface area contributed by atoms with Crippen LogP contribution in [-0.2, 0) is 21.3 Å². The highest BCUT2D eigenvalue weighted by molar-refractivity contribution is 8.19. The number of esters is 1. The standard InChI is InChI=1S/C25H37O2PS/c1-25(2,3)27-24(26)19-18-20-12-10-11-17-23(20)28(29,21-13-6-4-7-14-21)22-15-8-5-9-16-22/h10-12,17-19,21-22H,4-9,13-16H2,1-3H3/b19-18+. The summed E-state index contributed by atoms with van der Waals surface area (Å²) in [4.78, 5) is 12.3. The van der Waals surface area contributed by atoms with Crippen LogP contribution in [0.25, 0.3) is 6.08 Å². The Hall–Kier alpha value is -0.920. The fraction of sp³-hybridized carbons (Fsp3) is 0.640. The number of hydrogen-bond donors (Lipinski definition) is 0. The van der Waals surface area contributed by atoms with Crippen molar-refractivity contribution in [3.8, 4) is 0 Å². The Balaban J connectivity index is 1.96. The minimum atomic E-state index is -1.73. The Morgan fingerprint density at radius 1 is 0.966 bits per heavy atom. The normalized spacial score (nSPS) is 20.1. The lowest BCUT2D eigenvalue weighted by atomic mass is 9.99. The van der Waals surface area contributed by atoms with Crippen LogP contribution in [0.5, 0.6) is 0 Å². The number of benzene rings is 1. The maximum Gasteiger partial charge on any atom is 0.331 e. The molecule has 0 heterocycles. The third-order valence-electron chi connectivity index (χ3n) is 6.35. The molecule has 0 aromatic heterocycles. The van der Waals surface area contributed by atoms with Crippen molar-refractivity contribution in [2.24, 2.45) is 0 Å². The van der Waals surface area contributed by atoms with Gasteiger partial charge < -0.3 is 4.74 Å². The van der Waals surface area contributed by atoms with Gasteiger partial charge in [-0.25, -0.2) is 4.79 Å². The first kappa shape index (κ1) is 22.8. The fourth-order valence-electron chi connectivity index (χ4n) is 5.06. The lowest BCUT2D eigenvalue weighted by Crippen LogP contribution is -2.30. The van der Waals surface area contributed by atoms with Gasteiger partial charge in [0.2, 0.25) is 0 Å². The fourth-order valence-corrected chi connectivity index (χ4v) is 11.3. The largest absolute Gasteiger partial charge is 0.457 e. The van der Waals surface area contributed by atoms with Crippen molar-refractivity contribution in [3.05, 3.63) is 35.9 Å². The summed E-state index contributed by atoms with van der Waals surface area (Å²) in [5, 5.41) is 1.37. The number of rotatable bonds is 5. The molecule has 29 heavy (non-hydrogen) atoms. The molecule has 160 valence electrons. The van der Waals surface area contributed by atoms with Crippen molar-refractivity contribution in [2.75, 3.05) is 0 Å². The summed E-state index contributed by atoms with van der Waals surface area (Å²) in [7, 11) is 0. The van der Waals surface area contributed by atoms with Gasteiger partial charge in [-0.1, -0.05) is 74.6 Å². The smallest absolute Gasteiger partial charge is 0.331 e. The Morgan fingerprint density at radius 2 is 1.48 bits per heavy atom. The third-order valence-corrected chi connectivity index (χ3v) is 13.1. The van der Waals surface area contributed by atoms with Gasteiger partial charge in [0.05, 0.1) is 0 Å². The first-order valence-electron chi connectivity index (χ1n) is 11.4. The summed E-state index contributed by atoms with van der Waals surface area (Å²) in [5.41, 5.74) is 2.01. The molecule has 0 aliphatic heterocycles. The van der Waals surface area contributed by atoms with Gasteiger partial charge in [0.1, 0.15) is 5.60 Å². The number of hydrogen-bond acceptors (Lipinski definition) is 3. The van der Waals surface area contributed by atoms with Gasteiger partial charge in [-0.15, -0.1) is 0 Å². The highest BCUT2D eigenvalue weighted by Crippen LogP contribution is 2.62. The molecule has 0 bridgehead atoms. The third kappa shape index (κ3) is 5.82. The van der Waals surface area contributed by atoms with Crippen molar-refractivity contribution < 1.29 is 9.53 Å². The first-order valence-corrected chi connectivity index (χ1v) is 14.3. The van der Waals surface area contributed by atoms with E-state index in [0.717, 1.165) is 5.56 Å². The predicted octanol–water partition coefficient (Wildman–Crippen LogP) is 6.81. The summed E-state index contributed by atoms with van der Waals surface area (Å²) in [6.07, 6.45) is 16.7. The van der Waals surface area contributed by atoms with Crippen LogP contribution in [0.3, 0.4) is 0 Å². The van der Waals surface area contributed by atoms with E-state index in [1.165, 1.54) is 69.5 Å². The van der Waals surface area contributed by atoms with Crippen molar-refractivity contribution in [1.29, 1.82) is 0 Å². The topological polar surface area (TPSA) is 26.3 Å². The molecule has 0 spiro atoms. The zero-order valence-electron chi connectivity index (χ0n) is 18.4. The van der Waals surface area contributed by atoms with Crippen LogP contribution in [0.2, 0.25) is 0 Å². The van der Waals surface area contributed by atoms with Gasteiger partial charge in [-0.05, 0) is 80.8 Å². The molecule has 2 saturated carbocycles. The van der Waals surface area contributed by atoms with Crippen LogP contribution >= 0.6 is 6.04 Å². The van der Waals surface area contributed by atoms with Crippen LogP contribution in [0.4, 0.5) is 0 Å². The van der Waals surface area contributed by atoms with Crippen LogP contribution in [-0.4, -0.2) is 22.9 Å². The molecule has 2 aliphatic carbocycles. The van der Waals surface area contributed by atoms with Gasteiger partial charge in [-0.2, -0.15) is 0 Å². The summed E-state index contributed by atoms with van der Waals surface area (Å²) >= 11 is 6.72. The highest BCUT2D eigenvalue weighted by atomic mass is 32.4. The highest BCUT2D eigenvalue weighted by Gasteiger charge is 2.39. The van der Waals surface area contributed by atoms with Crippen LogP contribution < -0.4 is 5.30 Å². The van der Waals surface area contributed by atoms with E-state index in [1.807, 2.05) is 26.8 Å². The average Bonchev–Trinajstić information content (AvgIpc) is 2.72. The molecule has 0 unspecified atom stereocenters. The van der Waals surface area contributed by atoms with E-state index in [2.05, 4.69) is 24.3 Å². The first-order chi connectivity index (χ1) is 13.8. The maximum absolute atomic E-state index is 12.3. The van der Waals surface area contributed by atoms with E-state index in [1.54, 1.807) is 6.08 Å². The molecule has 4 heteroatoms. The molecule has 0 saturated heterocycles. The predicted molar refractivity (Wildman–Crippen MR) is 129 cm³/mol. The molecule has 0 amide bonds. The van der Waals surface area contributed by atoms with E-state index in [4.69, 9.17) is 16.5 Å². The van der Waals surface area contributed by atoms with Crippen LogP contribution in [0.1, 0.15) is 90.5 Å². The van der Waals surface area contributed by atoms with Gasteiger partial charge >= 0.3 is 5.97 Å². The second-order valence-corrected chi connectivity index (χ2v) is 14.9. The molecule has 2 nitrogen and oxygen atoms in total. The SMILES string of the molecule is CC(C)(C)OC(=O)/C=C/c1ccccc1P(=S)(C1CCCCC1)C1CCCCC1. The molecule has 0 radical (unpaired) electrons. The quantitative estimate of drug-likeness (QED) is 0.290. The lowest BCUT2D eigenvalue weighted by Gasteiger charge is -2.42. The van der Waals surface area contributed by atoms with Crippen molar-refractivity contribution in [2.45, 2.75) is 102 Å². The molecule has 1 aromatic carbocycles. The van der Waals surface area contributed by atoms with E-state index in [9.17, 15) is 4.79 Å². The molecule has 3 rings (SSSR count). The van der Waals surface area contributed by atoms with Crippen LogP contribution in [0.15, 0.2) is 30.3 Å². The van der Waals surface area contributed by atoms with Gasteiger partial charge in [0.25, 0.3) is 0 Å². The number of ether oxygens (including phenoxy) is 1. The molecular weight excluding hydrogens is 395 g/mol. The average molecular weight is 433 g/mol. The second kappa shape index (κ2) is 9.92. The van der Waals surface area contributed by atoms with E-state index >= 15 is 0 Å². The van der Waals surface area contributed by atoms with E-state index < -0.39 is 11.6 Å². The minimum absolute atomic E-state index is 0.282. The summed E-state index contributed by atoms with van der Waals surface area (Å²) in [6.45, 7) is 5.70. The Bertz CT molecular complexity index is 743. The molecular formula is C25H37O2PS. The molecule has 0 atom stereocenters. The van der Waals surface area contributed by atoms with E-state index in [-0.39, 0.29) is 5.97 Å². The van der Waals surface area contributed by atoms with Gasteiger partial charge in [0.15, 0.2) is 0 Å². The number of carbonyl (C=O) groups excluding carboxylic acids is 1. The zero-order chi connectivity index (χ0) is 20.9. The summed E-state index contributed by atoms with van der Waals surface area (Å²) in [6, 6.07) is 6.90. The second-order valence-electron chi connectivity index (χ2n) is 9.72. The van der Waals surface area contributed by atoms with E-state index in [0.29, 0.717) is 11.3 Å².